The van der Waals surface area contributed by atoms with E-state index in [4.69, 9.17) is 4.42 Å². The van der Waals surface area contributed by atoms with Crippen molar-refractivity contribution in [3.63, 3.8) is 0 Å². The van der Waals surface area contributed by atoms with E-state index < -0.39 is 11.8 Å². The Morgan fingerprint density at radius 1 is 0.750 bits per heavy atom. The third-order valence-electron chi connectivity index (χ3n) is 3.68. The number of amides is 3. The van der Waals surface area contributed by atoms with Crippen molar-refractivity contribution in [2.24, 2.45) is 0 Å². The molecule has 0 spiro atoms. The largest absolute Gasteiger partial charge is 0.465 e. The minimum atomic E-state index is -0.503. The van der Waals surface area contributed by atoms with Gasteiger partial charge < -0.3 is 9.73 Å². The normalized spacial score (nSPS) is 10.4. The summed E-state index contributed by atoms with van der Waals surface area (Å²) in [5.74, 6) is -0.708. The number of carbonyl (C=O) groups excluding carboxylic acids is 3. The van der Waals surface area contributed by atoms with Crippen LogP contribution in [0, 0.1) is 0 Å². The molecule has 0 aliphatic rings. The Morgan fingerprint density at radius 3 is 2.14 bits per heavy atom. The van der Waals surface area contributed by atoms with Gasteiger partial charge in [0.25, 0.3) is 17.7 Å². The summed E-state index contributed by atoms with van der Waals surface area (Å²) in [4.78, 5) is 35.9. The molecule has 3 aromatic rings. The zero-order valence-electron chi connectivity index (χ0n) is 14.7. The first-order valence-electron chi connectivity index (χ1n) is 8.40. The molecule has 0 saturated carbocycles. The summed E-state index contributed by atoms with van der Waals surface area (Å²) < 4.78 is 5.06. The Kier molecular flexibility index (Phi) is 5.99. The van der Waals surface area contributed by atoms with Crippen molar-refractivity contribution in [2.45, 2.75) is 0 Å². The van der Waals surface area contributed by atoms with Crippen molar-refractivity contribution < 1.29 is 18.8 Å². The van der Waals surface area contributed by atoms with E-state index in [-0.39, 0.29) is 5.91 Å². The lowest BCUT2D eigenvalue weighted by Gasteiger charge is -2.08. The first-order chi connectivity index (χ1) is 13.6. The second-order valence-corrected chi connectivity index (χ2v) is 5.69. The van der Waals surface area contributed by atoms with Crippen molar-refractivity contribution in [2.75, 3.05) is 5.32 Å². The summed E-state index contributed by atoms with van der Waals surface area (Å²) in [6.07, 6.45) is 4.21. The summed E-state index contributed by atoms with van der Waals surface area (Å²) in [5, 5.41) is 2.75. The lowest BCUT2D eigenvalue weighted by atomic mass is 10.1. The summed E-state index contributed by atoms with van der Waals surface area (Å²) in [6.45, 7) is 0. The van der Waals surface area contributed by atoms with Gasteiger partial charge in [0, 0.05) is 22.9 Å². The van der Waals surface area contributed by atoms with Crippen molar-refractivity contribution in [1.29, 1.82) is 0 Å². The molecule has 7 nitrogen and oxygen atoms in total. The molecular weight excluding hydrogens is 358 g/mol. The van der Waals surface area contributed by atoms with E-state index in [9.17, 15) is 14.4 Å². The Labute approximate surface area is 161 Å². The van der Waals surface area contributed by atoms with E-state index in [2.05, 4.69) is 16.2 Å². The molecule has 28 heavy (non-hydrogen) atoms. The number of hydrazine groups is 1. The maximum absolute atomic E-state index is 12.1. The topological polar surface area (TPSA) is 100 Å². The smallest absolute Gasteiger partial charge is 0.269 e. The number of carbonyl (C=O) groups is 3. The number of benzene rings is 2. The predicted molar refractivity (Wildman–Crippen MR) is 104 cm³/mol. The second kappa shape index (κ2) is 9.00. The first-order valence-corrected chi connectivity index (χ1v) is 8.40. The number of hydrogen-bond donors (Lipinski definition) is 3. The number of hydrogen-bond acceptors (Lipinski definition) is 4. The SMILES string of the molecule is O=C(C=Cc1ccco1)NNC(=O)c1ccc(NC(=O)c2ccccc2)cc1. The zero-order chi connectivity index (χ0) is 19.8. The van der Waals surface area contributed by atoms with Crippen LogP contribution in [0.4, 0.5) is 5.69 Å². The van der Waals surface area contributed by atoms with Gasteiger partial charge in [-0.1, -0.05) is 18.2 Å². The van der Waals surface area contributed by atoms with E-state index in [0.717, 1.165) is 0 Å². The van der Waals surface area contributed by atoms with Crippen LogP contribution in [0.15, 0.2) is 83.5 Å². The molecular formula is C21H17N3O4. The predicted octanol–water partition coefficient (Wildman–Crippen LogP) is 3.01. The van der Waals surface area contributed by atoms with Gasteiger partial charge in [-0.15, -0.1) is 0 Å². The van der Waals surface area contributed by atoms with E-state index >= 15 is 0 Å². The highest BCUT2D eigenvalue weighted by atomic mass is 16.3. The van der Waals surface area contributed by atoms with Crippen LogP contribution in [0.5, 0.6) is 0 Å². The summed E-state index contributed by atoms with van der Waals surface area (Å²) in [5.41, 5.74) is 6.00. The molecule has 0 saturated heterocycles. The highest BCUT2D eigenvalue weighted by molar-refractivity contribution is 6.04. The van der Waals surface area contributed by atoms with Crippen LogP contribution in [0.3, 0.4) is 0 Å². The standard InChI is InChI=1S/C21H17N3O4/c25-19(13-12-18-7-4-14-28-18)23-24-21(27)16-8-10-17(11-9-16)22-20(26)15-5-2-1-3-6-15/h1-14H,(H,22,26)(H,23,25)(H,24,27). The Morgan fingerprint density at radius 2 is 1.46 bits per heavy atom. The number of rotatable bonds is 5. The third-order valence-corrected chi connectivity index (χ3v) is 3.68. The highest BCUT2D eigenvalue weighted by Gasteiger charge is 2.08. The maximum atomic E-state index is 12.1. The molecule has 0 unspecified atom stereocenters. The Bertz CT molecular complexity index is 978. The van der Waals surface area contributed by atoms with Gasteiger partial charge in [-0.2, -0.15) is 0 Å². The monoisotopic (exact) mass is 375 g/mol. The fourth-order valence-corrected chi connectivity index (χ4v) is 2.27. The van der Waals surface area contributed by atoms with Gasteiger partial charge >= 0.3 is 0 Å². The molecule has 0 radical (unpaired) electrons. The molecule has 0 aliphatic carbocycles. The van der Waals surface area contributed by atoms with Gasteiger partial charge in [0.1, 0.15) is 5.76 Å². The minimum Gasteiger partial charge on any atom is -0.465 e. The molecule has 7 heteroatoms. The van der Waals surface area contributed by atoms with Crippen LogP contribution < -0.4 is 16.2 Å². The van der Waals surface area contributed by atoms with E-state index in [1.54, 1.807) is 60.7 Å². The molecule has 3 amide bonds. The average Bonchev–Trinajstić information content (AvgIpc) is 3.25. The molecule has 3 N–H and O–H groups in total. The molecule has 0 aliphatic heterocycles. The maximum Gasteiger partial charge on any atom is 0.269 e. The fraction of sp³-hybridized carbons (Fsp3) is 0. The minimum absolute atomic E-state index is 0.242. The number of nitrogens with one attached hydrogen (secondary N) is 3. The van der Waals surface area contributed by atoms with Crippen molar-refractivity contribution >= 4 is 29.5 Å². The van der Waals surface area contributed by atoms with Crippen molar-refractivity contribution in [3.05, 3.63) is 96.0 Å². The summed E-state index contributed by atoms with van der Waals surface area (Å²) in [7, 11) is 0. The van der Waals surface area contributed by atoms with Gasteiger partial charge in [0.2, 0.25) is 0 Å². The molecule has 0 bridgehead atoms. The van der Waals surface area contributed by atoms with Crippen LogP contribution in [0.2, 0.25) is 0 Å². The van der Waals surface area contributed by atoms with Crippen LogP contribution in [-0.2, 0) is 4.79 Å². The number of furan rings is 1. The Hall–Kier alpha value is -4.13. The van der Waals surface area contributed by atoms with E-state index in [0.29, 0.717) is 22.6 Å². The van der Waals surface area contributed by atoms with Gasteiger partial charge in [0.15, 0.2) is 0 Å². The van der Waals surface area contributed by atoms with Gasteiger partial charge in [-0.3, -0.25) is 25.2 Å². The van der Waals surface area contributed by atoms with Crippen LogP contribution in [0.25, 0.3) is 6.08 Å². The summed E-state index contributed by atoms with van der Waals surface area (Å²) in [6, 6.07) is 18.5. The lowest BCUT2D eigenvalue weighted by Crippen LogP contribution is -2.40. The van der Waals surface area contributed by atoms with E-state index in [1.165, 1.54) is 18.4 Å². The van der Waals surface area contributed by atoms with Crippen LogP contribution in [0.1, 0.15) is 26.5 Å². The molecule has 2 aromatic carbocycles. The molecule has 140 valence electrons. The van der Waals surface area contributed by atoms with Gasteiger partial charge in [0.05, 0.1) is 6.26 Å². The van der Waals surface area contributed by atoms with Crippen LogP contribution in [-0.4, -0.2) is 17.7 Å². The van der Waals surface area contributed by atoms with Gasteiger partial charge in [-0.25, -0.2) is 0 Å². The highest BCUT2D eigenvalue weighted by Crippen LogP contribution is 2.11. The van der Waals surface area contributed by atoms with Crippen molar-refractivity contribution in [1.82, 2.24) is 10.9 Å². The van der Waals surface area contributed by atoms with Crippen LogP contribution >= 0.6 is 0 Å². The Balaban J connectivity index is 1.50. The van der Waals surface area contributed by atoms with Gasteiger partial charge in [-0.05, 0) is 54.6 Å². The third kappa shape index (κ3) is 5.18. The van der Waals surface area contributed by atoms with E-state index in [1.807, 2.05) is 6.07 Å². The molecule has 3 rings (SSSR count). The summed E-state index contributed by atoms with van der Waals surface area (Å²) >= 11 is 0. The first kappa shape index (κ1) is 18.7. The molecule has 1 heterocycles. The molecule has 0 atom stereocenters. The number of anilines is 1. The average molecular weight is 375 g/mol. The second-order valence-electron chi connectivity index (χ2n) is 5.69. The lowest BCUT2D eigenvalue weighted by molar-refractivity contribution is -0.117. The molecule has 0 fully saturated rings. The molecule has 1 aromatic heterocycles. The fourth-order valence-electron chi connectivity index (χ4n) is 2.27. The van der Waals surface area contributed by atoms with Crippen molar-refractivity contribution in [3.8, 4) is 0 Å². The quantitative estimate of drug-likeness (QED) is 0.471. The zero-order valence-corrected chi connectivity index (χ0v) is 14.7.